The Kier molecular flexibility index (Phi) is 5.84. The van der Waals surface area contributed by atoms with Crippen molar-refractivity contribution in [2.45, 2.75) is 26.9 Å². The zero-order valence-electron chi connectivity index (χ0n) is 15.7. The molecule has 0 saturated carbocycles. The maximum Gasteiger partial charge on any atom is 0.265 e. The SMILES string of the molecule is CC(=O)c1sc(-c2ccc(O[C@@H](C)C(=O)Nc3ccc(F)cc3)cc2)nc1C. The number of thiazole rings is 1. The molecule has 0 spiro atoms. The molecule has 7 heteroatoms. The number of nitrogens with one attached hydrogen (secondary N) is 1. The second-order valence-electron chi connectivity index (χ2n) is 6.27. The second-order valence-corrected chi connectivity index (χ2v) is 7.27. The summed E-state index contributed by atoms with van der Waals surface area (Å²) in [5, 5.41) is 3.44. The first-order valence-corrected chi connectivity index (χ1v) is 9.47. The van der Waals surface area contributed by atoms with E-state index in [4.69, 9.17) is 4.74 Å². The molecular weight excluding hydrogens is 379 g/mol. The van der Waals surface area contributed by atoms with Crippen LogP contribution in [-0.2, 0) is 4.79 Å². The first kappa shape index (κ1) is 19.7. The Hall–Kier alpha value is -3.06. The summed E-state index contributed by atoms with van der Waals surface area (Å²) in [6, 6.07) is 12.7. The fraction of sp³-hybridized carbons (Fsp3) is 0.190. The number of carbonyl (C=O) groups is 2. The first-order chi connectivity index (χ1) is 13.3. The van der Waals surface area contributed by atoms with Crippen LogP contribution in [0.25, 0.3) is 10.6 Å². The number of hydrogen-bond donors (Lipinski definition) is 1. The van der Waals surface area contributed by atoms with Crippen LogP contribution in [-0.4, -0.2) is 22.8 Å². The van der Waals surface area contributed by atoms with Crippen LogP contribution in [0.3, 0.4) is 0 Å². The maximum atomic E-state index is 12.9. The van der Waals surface area contributed by atoms with Crippen molar-refractivity contribution in [3.05, 3.63) is 64.9 Å². The molecule has 5 nitrogen and oxygen atoms in total. The number of anilines is 1. The van der Waals surface area contributed by atoms with Gasteiger partial charge < -0.3 is 10.1 Å². The Balaban J connectivity index is 1.64. The molecule has 1 atom stereocenters. The van der Waals surface area contributed by atoms with Crippen LogP contribution < -0.4 is 10.1 Å². The molecule has 0 bridgehead atoms. The minimum absolute atomic E-state index is 0.00203. The summed E-state index contributed by atoms with van der Waals surface area (Å²) in [6.07, 6.45) is -0.734. The normalized spacial score (nSPS) is 11.7. The van der Waals surface area contributed by atoms with Crippen molar-refractivity contribution in [2.24, 2.45) is 0 Å². The number of ketones is 1. The van der Waals surface area contributed by atoms with E-state index in [1.807, 2.05) is 19.1 Å². The van der Waals surface area contributed by atoms with Gasteiger partial charge in [-0.15, -0.1) is 11.3 Å². The minimum atomic E-state index is -0.734. The van der Waals surface area contributed by atoms with Gasteiger partial charge in [0.25, 0.3) is 5.91 Å². The van der Waals surface area contributed by atoms with Crippen LogP contribution in [0, 0.1) is 12.7 Å². The number of amides is 1. The van der Waals surface area contributed by atoms with Crippen LogP contribution in [0.1, 0.15) is 29.2 Å². The van der Waals surface area contributed by atoms with E-state index in [2.05, 4.69) is 10.3 Å². The molecule has 1 amide bonds. The molecule has 1 heterocycles. The van der Waals surface area contributed by atoms with E-state index in [9.17, 15) is 14.0 Å². The van der Waals surface area contributed by atoms with Crippen LogP contribution >= 0.6 is 11.3 Å². The number of nitrogens with zero attached hydrogens (tertiary/aromatic N) is 1. The smallest absolute Gasteiger partial charge is 0.265 e. The standard InChI is InChI=1S/C21H19FN2O3S/c1-12-19(13(2)25)28-21(23-12)15-4-10-18(11-5-15)27-14(3)20(26)24-17-8-6-16(22)7-9-17/h4-11,14H,1-3H3,(H,24,26)/t14-/m0/s1. The molecule has 0 saturated heterocycles. The van der Waals surface area contributed by atoms with Gasteiger partial charge >= 0.3 is 0 Å². The van der Waals surface area contributed by atoms with Crippen LogP contribution in [0.5, 0.6) is 5.75 Å². The molecule has 0 fully saturated rings. The number of Topliss-reactive ketones (excluding diaryl/α,β-unsaturated/α-hetero) is 1. The summed E-state index contributed by atoms with van der Waals surface area (Å²) in [5.41, 5.74) is 2.09. The second kappa shape index (κ2) is 8.31. The average molecular weight is 398 g/mol. The Bertz CT molecular complexity index is 997. The fourth-order valence-electron chi connectivity index (χ4n) is 2.56. The zero-order chi connectivity index (χ0) is 20.3. The van der Waals surface area contributed by atoms with E-state index in [1.54, 1.807) is 19.1 Å². The lowest BCUT2D eigenvalue weighted by Crippen LogP contribution is -2.30. The molecule has 3 rings (SSSR count). The predicted molar refractivity (Wildman–Crippen MR) is 107 cm³/mol. The number of hydrogen-bond acceptors (Lipinski definition) is 5. The van der Waals surface area contributed by atoms with Gasteiger partial charge in [-0.3, -0.25) is 9.59 Å². The third kappa shape index (κ3) is 4.61. The van der Waals surface area contributed by atoms with Gasteiger partial charge in [-0.2, -0.15) is 0 Å². The molecule has 1 N–H and O–H groups in total. The molecule has 144 valence electrons. The van der Waals surface area contributed by atoms with E-state index >= 15 is 0 Å². The monoisotopic (exact) mass is 398 g/mol. The zero-order valence-corrected chi connectivity index (χ0v) is 16.5. The Morgan fingerprint density at radius 3 is 2.32 bits per heavy atom. The van der Waals surface area contributed by atoms with Crippen molar-refractivity contribution in [1.29, 1.82) is 0 Å². The molecule has 0 aliphatic heterocycles. The van der Waals surface area contributed by atoms with Crippen molar-refractivity contribution in [3.8, 4) is 16.3 Å². The molecule has 0 aliphatic carbocycles. The van der Waals surface area contributed by atoms with Crippen molar-refractivity contribution in [2.75, 3.05) is 5.32 Å². The van der Waals surface area contributed by atoms with Gasteiger partial charge in [0.15, 0.2) is 11.9 Å². The fourth-order valence-corrected chi connectivity index (χ4v) is 3.52. The molecule has 0 radical (unpaired) electrons. The third-order valence-electron chi connectivity index (χ3n) is 4.01. The predicted octanol–water partition coefficient (Wildman–Crippen LogP) is 4.87. The summed E-state index contributed by atoms with van der Waals surface area (Å²) in [6.45, 7) is 4.98. The number of aryl methyl sites for hydroxylation is 1. The van der Waals surface area contributed by atoms with Gasteiger partial charge in [0.1, 0.15) is 16.6 Å². The molecule has 3 aromatic rings. The van der Waals surface area contributed by atoms with E-state index in [0.29, 0.717) is 16.3 Å². The molecule has 2 aromatic carbocycles. The number of ether oxygens (including phenoxy) is 1. The van der Waals surface area contributed by atoms with E-state index in [-0.39, 0.29) is 17.5 Å². The Morgan fingerprint density at radius 2 is 1.75 bits per heavy atom. The highest BCUT2D eigenvalue weighted by atomic mass is 32.1. The van der Waals surface area contributed by atoms with Crippen LogP contribution in [0.4, 0.5) is 10.1 Å². The lowest BCUT2D eigenvalue weighted by molar-refractivity contribution is -0.122. The number of halogens is 1. The molecule has 1 aromatic heterocycles. The number of carbonyl (C=O) groups excluding carboxylic acids is 2. The van der Waals surface area contributed by atoms with Gasteiger partial charge in [0.2, 0.25) is 0 Å². The van der Waals surface area contributed by atoms with Gasteiger partial charge in [-0.25, -0.2) is 9.37 Å². The number of aromatic nitrogens is 1. The van der Waals surface area contributed by atoms with Gasteiger partial charge in [0.05, 0.1) is 10.6 Å². The van der Waals surface area contributed by atoms with Crippen molar-refractivity contribution in [3.63, 3.8) is 0 Å². The molecule has 0 unspecified atom stereocenters. The highest BCUT2D eigenvalue weighted by Gasteiger charge is 2.16. The maximum absolute atomic E-state index is 12.9. The summed E-state index contributed by atoms with van der Waals surface area (Å²) in [7, 11) is 0. The molecule has 28 heavy (non-hydrogen) atoms. The third-order valence-corrected chi connectivity index (χ3v) is 5.32. The van der Waals surface area contributed by atoms with Crippen molar-refractivity contribution >= 4 is 28.7 Å². The lowest BCUT2D eigenvalue weighted by atomic mass is 10.2. The number of benzene rings is 2. The van der Waals surface area contributed by atoms with Crippen molar-refractivity contribution in [1.82, 2.24) is 4.98 Å². The lowest BCUT2D eigenvalue weighted by Gasteiger charge is -2.15. The van der Waals surface area contributed by atoms with Crippen LogP contribution in [0.2, 0.25) is 0 Å². The van der Waals surface area contributed by atoms with Gasteiger partial charge in [-0.05, 0) is 62.4 Å². The minimum Gasteiger partial charge on any atom is -0.481 e. The quantitative estimate of drug-likeness (QED) is 0.602. The average Bonchev–Trinajstić information content (AvgIpc) is 3.06. The van der Waals surface area contributed by atoms with E-state index in [1.165, 1.54) is 42.5 Å². The summed E-state index contributed by atoms with van der Waals surface area (Å²) < 4.78 is 18.6. The Morgan fingerprint density at radius 1 is 1.11 bits per heavy atom. The van der Waals surface area contributed by atoms with E-state index in [0.717, 1.165) is 16.3 Å². The summed E-state index contributed by atoms with van der Waals surface area (Å²) in [4.78, 5) is 28.9. The van der Waals surface area contributed by atoms with E-state index < -0.39 is 6.10 Å². The largest absolute Gasteiger partial charge is 0.481 e. The topological polar surface area (TPSA) is 68.3 Å². The molecule has 0 aliphatic rings. The first-order valence-electron chi connectivity index (χ1n) is 8.65. The molecular formula is C21H19FN2O3S. The number of rotatable bonds is 6. The van der Waals surface area contributed by atoms with Gasteiger partial charge in [0, 0.05) is 18.2 Å². The highest BCUT2D eigenvalue weighted by Crippen LogP contribution is 2.29. The highest BCUT2D eigenvalue weighted by molar-refractivity contribution is 7.17. The Labute approximate surface area is 166 Å². The van der Waals surface area contributed by atoms with Gasteiger partial charge in [-0.1, -0.05) is 0 Å². The van der Waals surface area contributed by atoms with Crippen LogP contribution in [0.15, 0.2) is 48.5 Å². The summed E-state index contributed by atoms with van der Waals surface area (Å²) >= 11 is 1.36. The summed E-state index contributed by atoms with van der Waals surface area (Å²) in [5.74, 6) is -0.168. The van der Waals surface area contributed by atoms with Crippen molar-refractivity contribution < 1.29 is 18.7 Å².